The lowest BCUT2D eigenvalue weighted by Crippen LogP contribution is -2.31. The average molecular weight is 393 g/mol. The first-order valence-corrected chi connectivity index (χ1v) is 10.5. The van der Waals surface area contributed by atoms with Gasteiger partial charge in [0.1, 0.15) is 5.82 Å². The highest BCUT2D eigenvalue weighted by Crippen LogP contribution is 2.27. The molecule has 1 aromatic heterocycles. The van der Waals surface area contributed by atoms with Crippen molar-refractivity contribution in [2.45, 2.75) is 45.6 Å². The second-order valence-electron chi connectivity index (χ2n) is 7.92. The lowest BCUT2D eigenvalue weighted by Gasteiger charge is -2.28. The maximum absolute atomic E-state index is 13.0. The zero-order chi connectivity index (χ0) is 20.2. The van der Waals surface area contributed by atoms with E-state index in [1.54, 1.807) is 4.90 Å². The third kappa shape index (κ3) is 4.42. The van der Waals surface area contributed by atoms with Crippen molar-refractivity contribution in [3.63, 3.8) is 0 Å². The van der Waals surface area contributed by atoms with E-state index >= 15 is 0 Å². The molecule has 0 unspecified atom stereocenters. The van der Waals surface area contributed by atoms with Crippen LogP contribution >= 0.6 is 0 Å². The van der Waals surface area contributed by atoms with E-state index in [4.69, 9.17) is 0 Å². The molecule has 2 fully saturated rings. The van der Waals surface area contributed by atoms with Crippen molar-refractivity contribution in [2.24, 2.45) is 0 Å². The molecule has 4 rings (SSSR count). The van der Waals surface area contributed by atoms with Crippen LogP contribution in [-0.4, -0.2) is 36.4 Å². The zero-order valence-corrected chi connectivity index (χ0v) is 17.0. The van der Waals surface area contributed by atoms with Crippen LogP contribution < -0.4 is 15.1 Å². The van der Waals surface area contributed by atoms with Crippen LogP contribution in [0.25, 0.3) is 0 Å². The molecule has 1 N–H and O–H groups in total. The molecule has 29 heavy (non-hydrogen) atoms. The molecule has 2 amide bonds. The predicted molar refractivity (Wildman–Crippen MR) is 114 cm³/mol. The summed E-state index contributed by atoms with van der Waals surface area (Å²) in [5, 5.41) is 3.03. The van der Waals surface area contributed by atoms with E-state index in [0.29, 0.717) is 30.8 Å². The van der Waals surface area contributed by atoms with E-state index in [9.17, 15) is 9.59 Å². The fourth-order valence-corrected chi connectivity index (χ4v) is 4.11. The number of aromatic nitrogens is 1. The van der Waals surface area contributed by atoms with Gasteiger partial charge in [0.05, 0.1) is 11.3 Å². The topological polar surface area (TPSA) is 65.5 Å². The van der Waals surface area contributed by atoms with Gasteiger partial charge >= 0.3 is 0 Å². The van der Waals surface area contributed by atoms with Crippen molar-refractivity contribution in [1.29, 1.82) is 0 Å². The quantitative estimate of drug-likeness (QED) is 0.847. The van der Waals surface area contributed by atoms with Gasteiger partial charge in [-0.3, -0.25) is 9.59 Å². The molecule has 0 aliphatic carbocycles. The van der Waals surface area contributed by atoms with Crippen LogP contribution in [0.15, 0.2) is 36.5 Å². The second kappa shape index (κ2) is 8.64. The number of anilines is 2. The summed E-state index contributed by atoms with van der Waals surface area (Å²) in [6, 6.07) is 9.70. The first-order valence-electron chi connectivity index (χ1n) is 10.5. The SMILES string of the molecule is Cc1ccc(N2CCCC2=O)c(C(=O)NCc2ccnc(N3CCCCC3)c2)c1. The minimum absolute atomic E-state index is 0.0863. The summed E-state index contributed by atoms with van der Waals surface area (Å²) < 4.78 is 0. The molecule has 0 saturated carbocycles. The van der Waals surface area contributed by atoms with E-state index in [2.05, 4.69) is 21.3 Å². The summed E-state index contributed by atoms with van der Waals surface area (Å²) in [4.78, 5) is 33.7. The van der Waals surface area contributed by atoms with Crippen molar-refractivity contribution in [3.05, 3.63) is 53.2 Å². The van der Waals surface area contributed by atoms with E-state index in [-0.39, 0.29) is 11.8 Å². The van der Waals surface area contributed by atoms with Gasteiger partial charge < -0.3 is 15.1 Å². The normalized spacial score (nSPS) is 16.9. The number of pyridine rings is 1. The average Bonchev–Trinajstić information content (AvgIpc) is 3.18. The predicted octanol–water partition coefficient (Wildman–Crippen LogP) is 3.44. The van der Waals surface area contributed by atoms with Gasteiger partial charge in [-0.25, -0.2) is 4.98 Å². The molecule has 2 saturated heterocycles. The van der Waals surface area contributed by atoms with Gasteiger partial charge in [0.25, 0.3) is 5.91 Å². The van der Waals surface area contributed by atoms with Crippen molar-refractivity contribution < 1.29 is 9.59 Å². The molecule has 1 aromatic carbocycles. The van der Waals surface area contributed by atoms with Gasteiger partial charge in [-0.15, -0.1) is 0 Å². The number of benzene rings is 1. The molecule has 0 atom stereocenters. The minimum Gasteiger partial charge on any atom is -0.357 e. The largest absolute Gasteiger partial charge is 0.357 e. The van der Waals surface area contributed by atoms with Crippen molar-refractivity contribution >= 4 is 23.3 Å². The van der Waals surface area contributed by atoms with Crippen LogP contribution in [0.4, 0.5) is 11.5 Å². The highest BCUT2D eigenvalue weighted by Gasteiger charge is 2.26. The van der Waals surface area contributed by atoms with Gasteiger partial charge in [0, 0.05) is 38.8 Å². The Morgan fingerprint density at radius 3 is 2.66 bits per heavy atom. The van der Waals surface area contributed by atoms with Gasteiger partial charge in [0.2, 0.25) is 5.91 Å². The smallest absolute Gasteiger partial charge is 0.253 e. The molecule has 0 spiro atoms. The zero-order valence-electron chi connectivity index (χ0n) is 17.0. The monoisotopic (exact) mass is 392 g/mol. The third-order valence-corrected chi connectivity index (χ3v) is 5.70. The number of nitrogens with one attached hydrogen (secondary N) is 1. The number of amides is 2. The van der Waals surface area contributed by atoms with Crippen molar-refractivity contribution in [2.75, 3.05) is 29.4 Å². The van der Waals surface area contributed by atoms with Gasteiger partial charge in [-0.1, -0.05) is 11.6 Å². The van der Waals surface area contributed by atoms with E-state index in [1.807, 2.05) is 37.4 Å². The summed E-state index contributed by atoms with van der Waals surface area (Å²) in [6.07, 6.45) is 6.88. The first kappa shape index (κ1) is 19.4. The number of carbonyl (C=O) groups is 2. The number of nitrogens with zero attached hydrogens (tertiary/aromatic N) is 3. The van der Waals surface area contributed by atoms with Gasteiger partial charge in [0.15, 0.2) is 0 Å². The number of aryl methyl sites for hydroxylation is 1. The molecule has 0 radical (unpaired) electrons. The number of carbonyl (C=O) groups excluding carboxylic acids is 2. The fourth-order valence-electron chi connectivity index (χ4n) is 4.11. The highest BCUT2D eigenvalue weighted by molar-refractivity contribution is 6.05. The molecule has 3 heterocycles. The molecular weight excluding hydrogens is 364 g/mol. The fraction of sp³-hybridized carbons (Fsp3) is 0.435. The summed E-state index contributed by atoms with van der Waals surface area (Å²) in [5.41, 5.74) is 3.30. The standard InChI is InChI=1S/C23H28N4O2/c1-17-7-8-20(27-13-5-6-22(27)28)19(14-17)23(29)25-16-18-9-10-24-21(15-18)26-11-3-2-4-12-26/h7-10,14-15H,2-6,11-13,16H2,1H3,(H,25,29). The minimum atomic E-state index is -0.153. The summed E-state index contributed by atoms with van der Waals surface area (Å²) in [5.74, 6) is 0.915. The molecule has 152 valence electrons. The molecule has 6 nitrogen and oxygen atoms in total. The van der Waals surface area contributed by atoms with Crippen LogP contribution in [0.5, 0.6) is 0 Å². The van der Waals surface area contributed by atoms with Crippen LogP contribution in [0.3, 0.4) is 0 Å². The Balaban J connectivity index is 1.48. The molecule has 6 heteroatoms. The Kier molecular flexibility index (Phi) is 5.79. The van der Waals surface area contributed by atoms with Crippen LogP contribution in [0, 0.1) is 6.92 Å². The molecule has 0 bridgehead atoms. The molecule has 2 aliphatic rings. The van der Waals surface area contributed by atoms with Crippen molar-refractivity contribution in [3.8, 4) is 0 Å². The maximum atomic E-state index is 13.0. The maximum Gasteiger partial charge on any atom is 0.253 e. The van der Waals surface area contributed by atoms with Gasteiger partial charge in [-0.05, 0) is 62.4 Å². The number of rotatable bonds is 5. The summed E-state index contributed by atoms with van der Waals surface area (Å²) in [7, 11) is 0. The van der Waals surface area contributed by atoms with Crippen LogP contribution in [0.2, 0.25) is 0 Å². The highest BCUT2D eigenvalue weighted by atomic mass is 16.2. The number of piperidine rings is 1. The van der Waals surface area contributed by atoms with Crippen LogP contribution in [-0.2, 0) is 11.3 Å². The Morgan fingerprint density at radius 1 is 1.07 bits per heavy atom. The Bertz CT molecular complexity index is 906. The first-order chi connectivity index (χ1) is 14.1. The lowest BCUT2D eigenvalue weighted by molar-refractivity contribution is -0.117. The van der Waals surface area contributed by atoms with Crippen molar-refractivity contribution in [1.82, 2.24) is 10.3 Å². The van der Waals surface area contributed by atoms with Crippen LogP contribution in [0.1, 0.15) is 53.6 Å². The van der Waals surface area contributed by atoms with E-state index in [0.717, 1.165) is 36.5 Å². The Morgan fingerprint density at radius 2 is 1.90 bits per heavy atom. The van der Waals surface area contributed by atoms with E-state index < -0.39 is 0 Å². The summed E-state index contributed by atoms with van der Waals surface area (Å²) in [6.45, 7) is 5.15. The summed E-state index contributed by atoms with van der Waals surface area (Å²) >= 11 is 0. The Hall–Kier alpha value is -2.89. The number of hydrogen-bond donors (Lipinski definition) is 1. The second-order valence-corrected chi connectivity index (χ2v) is 7.92. The van der Waals surface area contributed by atoms with Gasteiger partial charge in [-0.2, -0.15) is 0 Å². The molecule has 2 aliphatic heterocycles. The Labute approximate surface area is 171 Å². The third-order valence-electron chi connectivity index (χ3n) is 5.70. The number of hydrogen-bond acceptors (Lipinski definition) is 4. The molecular formula is C23H28N4O2. The lowest BCUT2D eigenvalue weighted by atomic mass is 10.1. The molecule has 2 aromatic rings. The van der Waals surface area contributed by atoms with E-state index in [1.165, 1.54) is 19.3 Å².